The third kappa shape index (κ3) is 3.22. The SMILES string of the molecule is CC(C)C1CN(C(C)(C)CC(C)C2CCN2C(C)C)C1. The molecule has 0 aromatic heterocycles. The molecule has 2 aliphatic rings. The van der Waals surface area contributed by atoms with E-state index in [4.69, 9.17) is 0 Å². The van der Waals surface area contributed by atoms with E-state index in [0.29, 0.717) is 11.6 Å². The van der Waals surface area contributed by atoms with Gasteiger partial charge in [-0.3, -0.25) is 9.80 Å². The molecule has 0 bridgehead atoms. The summed E-state index contributed by atoms with van der Waals surface area (Å²) in [6, 6.07) is 1.55. The van der Waals surface area contributed by atoms with Gasteiger partial charge < -0.3 is 0 Å². The summed E-state index contributed by atoms with van der Waals surface area (Å²) in [5.74, 6) is 2.60. The van der Waals surface area contributed by atoms with Crippen molar-refractivity contribution in [3.05, 3.63) is 0 Å². The summed E-state index contributed by atoms with van der Waals surface area (Å²) < 4.78 is 0. The van der Waals surface area contributed by atoms with Crippen LogP contribution < -0.4 is 0 Å². The highest BCUT2D eigenvalue weighted by atomic mass is 15.3. The molecule has 118 valence electrons. The van der Waals surface area contributed by atoms with Gasteiger partial charge in [-0.25, -0.2) is 0 Å². The lowest BCUT2D eigenvalue weighted by atomic mass is 9.77. The first-order valence-electron chi connectivity index (χ1n) is 8.73. The van der Waals surface area contributed by atoms with Crippen LogP contribution in [0.5, 0.6) is 0 Å². The predicted molar refractivity (Wildman–Crippen MR) is 88.0 cm³/mol. The minimum Gasteiger partial charge on any atom is -0.298 e. The molecule has 0 saturated carbocycles. The summed E-state index contributed by atoms with van der Waals surface area (Å²) in [5, 5.41) is 0. The van der Waals surface area contributed by atoms with Crippen LogP contribution in [0.1, 0.15) is 61.3 Å². The van der Waals surface area contributed by atoms with E-state index in [1.807, 2.05) is 0 Å². The van der Waals surface area contributed by atoms with Crippen LogP contribution in [0.3, 0.4) is 0 Å². The molecular weight excluding hydrogens is 244 g/mol. The maximum Gasteiger partial charge on any atom is 0.0156 e. The highest BCUT2D eigenvalue weighted by molar-refractivity contribution is 4.97. The Morgan fingerprint density at radius 3 is 2.05 bits per heavy atom. The molecule has 0 aromatic carbocycles. The van der Waals surface area contributed by atoms with Gasteiger partial charge in [0.25, 0.3) is 0 Å². The van der Waals surface area contributed by atoms with Crippen LogP contribution in [-0.2, 0) is 0 Å². The molecule has 0 N–H and O–H groups in total. The van der Waals surface area contributed by atoms with Crippen molar-refractivity contribution in [3.8, 4) is 0 Å². The highest BCUT2D eigenvalue weighted by Crippen LogP contribution is 2.37. The van der Waals surface area contributed by atoms with E-state index in [1.165, 1.54) is 32.5 Å². The molecule has 2 unspecified atom stereocenters. The second-order valence-corrected chi connectivity index (χ2v) is 8.59. The fourth-order valence-corrected chi connectivity index (χ4v) is 4.16. The molecule has 2 nitrogen and oxygen atoms in total. The van der Waals surface area contributed by atoms with E-state index in [-0.39, 0.29) is 0 Å². The first-order valence-corrected chi connectivity index (χ1v) is 8.73. The maximum atomic E-state index is 2.71. The van der Waals surface area contributed by atoms with E-state index < -0.39 is 0 Å². The van der Waals surface area contributed by atoms with Crippen LogP contribution in [-0.4, -0.2) is 47.1 Å². The lowest BCUT2D eigenvalue weighted by Crippen LogP contribution is -2.61. The zero-order valence-electron chi connectivity index (χ0n) is 14.8. The molecule has 2 aliphatic heterocycles. The van der Waals surface area contributed by atoms with Crippen LogP contribution in [0.25, 0.3) is 0 Å². The number of likely N-dealkylation sites (tertiary alicyclic amines) is 2. The Hall–Kier alpha value is -0.0800. The summed E-state index contributed by atoms with van der Waals surface area (Å²) in [6.07, 6.45) is 2.75. The molecule has 2 heterocycles. The normalized spacial score (nSPS) is 27.8. The number of nitrogens with zero attached hydrogens (tertiary/aromatic N) is 2. The number of hydrogen-bond acceptors (Lipinski definition) is 2. The smallest absolute Gasteiger partial charge is 0.0156 e. The lowest BCUT2D eigenvalue weighted by molar-refractivity contribution is -0.0459. The Bertz CT molecular complexity index is 315. The van der Waals surface area contributed by atoms with E-state index in [9.17, 15) is 0 Å². The van der Waals surface area contributed by atoms with Gasteiger partial charge in [0.05, 0.1) is 0 Å². The van der Waals surface area contributed by atoms with Gasteiger partial charge in [-0.15, -0.1) is 0 Å². The maximum absolute atomic E-state index is 2.71. The van der Waals surface area contributed by atoms with E-state index in [1.54, 1.807) is 0 Å². The molecular formula is C18H36N2. The first kappa shape index (κ1) is 16.3. The van der Waals surface area contributed by atoms with Crippen molar-refractivity contribution >= 4 is 0 Å². The second-order valence-electron chi connectivity index (χ2n) is 8.59. The molecule has 2 rings (SSSR count). The quantitative estimate of drug-likeness (QED) is 0.729. The molecule has 0 radical (unpaired) electrons. The summed E-state index contributed by atoms with van der Waals surface area (Å²) in [7, 11) is 0. The zero-order chi connectivity index (χ0) is 15.1. The Morgan fingerprint density at radius 1 is 1.05 bits per heavy atom. The zero-order valence-corrected chi connectivity index (χ0v) is 14.8. The fraction of sp³-hybridized carbons (Fsp3) is 1.00. The molecule has 20 heavy (non-hydrogen) atoms. The molecule has 0 aromatic rings. The van der Waals surface area contributed by atoms with Crippen LogP contribution in [0.4, 0.5) is 0 Å². The summed E-state index contributed by atoms with van der Waals surface area (Å²) >= 11 is 0. The average Bonchev–Trinajstić information content (AvgIpc) is 2.07. The van der Waals surface area contributed by atoms with Gasteiger partial charge in [0, 0.05) is 37.3 Å². The molecule has 2 heteroatoms. The van der Waals surface area contributed by atoms with Crippen molar-refractivity contribution < 1.29 is 0 Å². The lowest BCUT2D eigenvalue weighted by Gasteiger charge is -2.54. The predicted octanol–water partition coefficient (Wildman–Crippen LogP) is 3.86. The molecule has 2 atom stereocenters. The summed E-state index contributed by atoms with van der Waals surface area (Å²) in [5.41, 5.74) is 0.378. The molecule has 2 saturated heterocycles. The third-order valence-electron chi connectivity index (χ3n) is 5.96. The molecule has 2 fully saturated rings. The number of rotatable bonds is 6. The van der Waals surface area contributed by atoms with Crippen molar-refractivity contribution in [2.75, 3.05) is 19.6 Å². The van der Waals surface area contributed by atoms with Crippen LogP contribution in [0.15, 0.2) is 0 Å². The Morgan fingerprint density at radius 2 is 1.65 bits per heavy atom. The monoisotopic (exact) mass is 280 g/mol. The van der Waals surface area contributed by atoms with Crippen molar-refractivity contribution in [2.45, 2.75) is 78.9 Å². The summed E-state index contributed by atoms with van der Waals surface area (Å²) in [4.78, 5) is 5.40. The Balaban J connectivity index is 1.83. The van der Waals surface area contributed by atoms with Crippen LogP contribution >= 0.6 is 0 Å². The number of hydrogen-bond donors (Lipinski definition) is 0. The summed E-state index contributed by atoms with van der Waals surface area (Å²) in [6.45, 7) is 20.7. The van der Waals surface area contributed by atoms with Gasteiger partial charge in [-0.1, -0.05) is 20.8 Å². The van der Waals surface area contributed by atoms with Crippen molar-refractivity contribution in [1.29, 1.82) is 0 Å². The first-order chi connectivity index (χ1) is 9.22. The van der Waals surface area contributed by atoms with E-state index in [0.717, 1.165) is 23.8 Å². The average molecular weight is 281 g/mol. The Kier molecular flexibility index (Phi) is 4.86. The van der Waals surface area contributed by atoms with Gasteiger partial charge in [0.2, 0.25) is 0 Å². The standard InChI is InChI=1S/C18H36N2/c1-13(2)16-11-19(12-16)18(6,7)10-15(5)17-8-9-20(17)14(3)4/h13-17H,8-12H2,1-7H3. The van der Waals surface area contributed by atoms with Crippen molar-refractivity contribution in [2.24, 2.45) is 17.8 Å². The molecule has 0 aliphatic carbocycles. The van der Waals surface area contributed by atoms with Gasteiger partial charge in [-0.2, -0.15) is 0 Å². The second kappa shape index (κ2) is 5.96. The van der Waals surface area contributed by atoms with E-state index in [2.05, 4.69) is 58.3 Å². The minimum atomic E-state index is 0.378. The van der Waals surface area contributed by atoms with Crippen molar-refractivity contribution in [1.82, 2.24) is 9.80 Å². The highest BCUT2D eigenvalue weighted by Gasteiger charge is 2.42. The Labute approximate surface area is 126 Å². The van der Waals surface area contributed by atoms with Gasteiger partial charge >= 0.3 is 0 Å². The minimum absolute atomic E-state index is 0.378. The van der Waals surface area contributed by atoms with Gasteiger partial charge in [0.1, 0.15) is 0 Å². The van der Waals surface area contributed by atoms with Gasteiger partial charge in [-0.05, 0) is 58.3 Å². The van der Waals surface area contributed by atoms with Gasteiger partial charge in [0.15, 0.2) is 0 Å². The molecule has 0 amide bonds. The van der Waals surface area contributed by atoms with Crippen molar-refractivity contribution in [3.63, 3.8) is 0 Å². The topological polar surface area (TPSA) is 6.48 Å². The fourth-order valence-electron chi connectivity index (χ4n) is 4.16. The van der Waals surface area contributed by atoms with E-state index >= 15 is 0 Å². The van der Waals surface area contributed by atoms with Crippen LogP contribution in [0, 0.1) is 17.8 Å². The van der Waals surface area contributed by atoms with Crippen LogP contribution in [0.2, 0.25) is 0 Å². The third-order valence-corrected chi connectivity index (χ3v) is 5.96. The largest absolute Gasteiger partial charge is 0.298 e. The molecule has 0 spiro atoms.